The van der Waals surface area contributed by atoms with Crippen LogP contribution in [-0.4, -0.2) is 42.1 Å². The van der Waals surface area contributed by atoms with E-state index in [1.54, 1.807) is 26.4 Å². The number of amides is 1. The molecule has 0 aliphatic heterocycles. The number of nitrogens with zero attached hydrogens (tertiary/aromatic N) is 2. The summed E-state index contributed by atoms with van der Waals surface area (Å²) >= 11 is 1.24. The van der Waals surface area contributed by atoms with Crippen LogP contribution in [0.25, 0.3) is 11.5 Å². The second-order valence-electron chi connectivity index (χ2n) is 6.67. The normalized spacial score (nSPS) is 19.5. The van der Waals surface area contributed by atoms with Crippen LogP contribution < -0.4 is 14.8 Å². The van der Waals surface area contributed by atoms with Crippen molar-refractivity contribution >= 4 is 17.7 Å². The standard InChI is InChI=1S/C19H25N3O4S/c1-12-6-4-5-7-14(12)20-17(23)11-27-19-22-21-18(26-19)13-8-9-15(24-2)16(10-13)25-3/h8-10,12,14H,4-7,11H2,1-3H3,(H,20,23)/t12-,14+/m0/s1. The molecule has 1 aliphatic rings. The molecule has 7 nitrogen and oxygen atoms in total. The summed E-state index contributed by atoms with van der Waals surface area (Å²) in [4.78, 5) is 12.2. The number of carbonyl (C=O) groups is 1. The van der Waals surface area contributed by atoms with Gasteiger partial charge in [-0.15, -0.1) is 10.2 Å². The molecule has 2 aromatic rings. The van der Waals surface area contributed by atoms with E-state index in [1.807, 2.05) is 6.07 Å². The highest BCUT2D eigenvalue weighted by atomic mass is 32.2. The third kappa shape index (κ3) is 4.94. The molecule has 1 aromatic heterocycles. The van der Waals surface area contributed by atoms with E-state index in [0.717, 1.165) is 12.0 Å². The van der Waals surface area contributed by atoms with Crippen LogP contribution in [0.15, 0.2) is 27.8 Å². The topological polar surface area (TPSA) is 86.5 Å². The lowest BCUT2D eigenvalue weighted by molar-refractivity contribution is -0.119. The van der Waals surface area contributed by atoms with Crippen molar-refractivity contribution < 1.29 is 18.7 Å². The van der Waals surface area contributed by atoms with Gasteiger partial charge in [-0.25, -0.2) is 0 Å². The first-order valence-electron chi connectivity index (χ1n) is 9.08. The molecule has 1 amide bonds. The number of ether oxygens (including phenoxy) is 2. The summed E-state index contributed by atoms with van der Waals surface area (Å²) in [6.45, 7) is 2.20. The summed E-state index contributed by atoms with van der Waals surface area (Å²) < 4.78 is 16.2. The molecule has 2 atom stereocenters. The van der Waals surface area contributed by atoms with Gasteiger partial charge in [0.2, 0.25) is 11.8 Å². The molecule has 8 heteroatoms. The van der Waals surface area contributed by atoms with Gasteiger partial charge < -0.3 is 19.2 Å². The molecule has 0 unspecified atom stereocenters. The number of aromatic nitrogens is 2. The van der Waals surface area contributed by atoms with E-state index < -0.39 is 0 Å². The van der Waals surface area contributed by atoms with Gasteiger partial charge in [0, 0.05) is 11.6 Å². The molecule has 1 saturated carbocycles. The summed E-state index contributed by atoms with van der Waals surface area (Å²) in [5, 5.41) is 11.6. The lowest BCUT2D eigenvalue weighted by Crippen LogP contribution is -2.41. The Hall–Kier alpha value is -2.22. The van der Waals surface area contributed by atoms with Crippen molar-refractivity contribution in [1.29, 1.82) is 0 Å². The predicted octanol–water partition coefficient (Wildman–Crippen LogP) is 3.54. The summed E-state index contributed by atoms with van der Waals surface area (Å²) in [7, 11) is 3.15. The van der Waals surface area contributed by atoms with Crippen LogP contribution in [0.1, 0.15) is 32.6 Å². The lowest BCUT2D eigenvalue weighted by atomic mass is 9.86. The van der Waals surface area contributed by atoms with Crippen molar-refractivity contribution in [2.75, 3.05) is 20.0 Å². The zero-order valence-electron chi connectivity index (χ0n) is 15.9. The smallest absolute Gasteiger partial charge is 0.277 e. The van der Waals surface area contributed by atoms with Gasteiger partial charge in [-0.05, 0) is 37.0 Å². The molecule has 146 valence electrons. The Labute approximate surface area is 163 Å². The Balaban J connectivity index is 1.57. The van der Waals surface area contributed by atoms with Gasteiger partial charge >= 0.3 is 0 Å². The minimum Gasteiger partial charge on any atom is -0.493 e. The molecule has 27 heavy (non-hydrogen) atoms. The average Bonchev–Trinajstić information content (AvgIpc) is 3.16. The molecule has 0 saturated heterocycles. The highest BCUT2D eigenvalue weighted by Gasteiger charge is 2.23. The fraction of sp³-hybridized carbons (Fsp3) is 0.526. The molecule has 1 aromatic carbocycles. The molecule has 1 aliphatic carbocycles. The maximum atomic E-state index is 12.2. The van der Waals surface area contributed by atoms with Crippen LogP contribution in [0.3, 0.4) is 0 Å². The highest BCUT2D eigenvalue weighted by molar-refractivity contribution is 7.99. The largest absolute Gasteiger partial charge is 0.493 e. The maximum absolute atomic E-state index is 12.2. The minimum atomic E-state index is 0.00427. The Morgan fingerprint density at radius 2 is 2.00 bits per heavy atom. The Morgan fingerprint density at radius 3 is 2.74 bits per heavy atom. The first-order chi connectivity index (χ1) is 13.1. The molecule has 3 rings (SSSR count). The van der Waals surface area contributed by atoms with Crippen molar-refractivity contribution in [2.45, 2.75) is 43.9 Å². The van der Waals surface area contributed by atoms with E-state index in [0.29, 0.717) is 28.5 Å². The number of rotatable bonds is 7. The van der Waals surface area contributed by atoms with Crippen LogP contribution in [0, 0.1) is 5.92 Å². The van der Waals surface area contributed by atoms with Gasteiger partial charge in [-0.2, -0.15) is 0 Å². The van der Waals surface area contributed by atoms with E-state index in [4.69, 9.17) is 13.9 Å². The molecule has 0 spiro atoms. The molecule has 1 heterocycles. The van der Waals surface area contributed by atoms with Gasteiger partial charge in [-0.3, -0.25) is 4.79 Å². The Morgan fingerprint density at radius 1 is 1.22 bits per heavy atom. The fourth-order valence-corrected chi connectivity index (χ4v) is 3.83. The summed E-state index contributed by atoms with van der Waals surface area (Å²) in [6.07, 6.45) is 4.67. The van der Waals surface area contributed by atoms with Crippen molar-refractivity contribution in [3.8, 4) is 23.0 Å². The number of nitrogens with one attached hydrogen (secondary N) is 1. The quantitative estimate of drug-likeness (QED) is 0.722. The van der Waals surface area contributed by atoms with E-state index in [2.05, 4.69) is 22.4 Å². The van der Waals surface area contributed by atoms with Crippen LogP contribution in [0.2, 0.25) is 0 Å². The highest BCUT2D eigenvalue weighted by Crippen LogP contribution is 2.32. The minimum absolute atomic E-state index is 0.00427. The van der Waals surface area contributed by atoms with Crippen molar-refractivity contribution in [1.82, 2.24) is 15.5 Å². The Bertz CT molecular complexity index is 780. The number of thioether (sulfide) groups is 1. The van der Waals surface area contributed by atoms with Crippen LogP contribution in [0.4, 0.5) is 0 Å². The third-order valence-corrected chi connectivity index (χ3v) is 5.64. The van der Waals surface area contributed by atoms with Crippen molar-refractivity contribution in [3.05, 3.63) is 18.2 Å². The van der Waals surface area contributed by atoms with E-state index in [-0.39, 0.29) is 17.7 Å². The van der Waals surface area contributed by atoms with Gasteiger partial charge in [0.15, 0.2) is 11.5 Å². The first-order valence-corrected chi connectivity index (χ1v) is 10.1. The van der Waals surface area contributed by atoms with Gasteiger partial charge in [0.25, 0.3) is 5.22 Å². The molecule has 0 radical (unpaired) electrons. The zero-order chi connectivity index (χ0) is 19.2. The molecular weight excluding hydrogens is 366 g/mol. The third-order valence-electron chi connectivity index (χ3n) is 4.82. The molecule has 1 fully saturated rings. The van der Waals surface area contributed by atoms with Crippen LogP contribution >= 0.6 is 11.8 Å². The number of hydrogen-bond acceptors (Lipinski definition) is 7. The van der Waals surface area contributed by atoms with Gasteiger partial charge in [0.05, 0.1) is 20.0 Å². The van der Waals surface area contributed by atoms with Crippen LogP contribution in [-0.2, 0) is 4.79 Å². The first kappa shape index (κ1) is 19.5. The summed E-state index contributed by atoms with van der Waals surface area (Å²) in [6, 6.07) is 5.65. The Kier molecular flexibility index (Phi) is 6.60. The van der Waals surface area contributed by atoms with E-state index in [1.165, 1.54) is 31.0 Å². The number of carbonyl (C=O) groups excluding carboxylic acids is 1. The number of methoxy groups -OCH3 is 2. The lowest BCUT2D eigenvalue weighted by Gasteiger charge is -2.29. The SMILES string of the molecule is COc1ccc(-c2nnc(SCC(=O)N[C@@H]3CCCC[C@@H]3C)o2)cc1OC. The van der Waals surface area contributed by atoms with Gasteiger partial charge in [-0.1, -0.05) is 31.5 Å². The maximum Gasteiger partial charge on any atom is 0.277 e. The second kappa shape index (κ2) is 9.12. The van der Waals surface area contributed by atoms with E-state index in [9.17, 15) is 4.79 Å². The monoisotopic (exact) mass is 391 g/mol. The predicted molar refractivity (Wildman–Crippen MR) is 103 cm³/mol. The van der Waals surface area contributed by atoms with Crippen LogP contribution in [0.5, 0.6) is 11.5 Å². The molecular formula is C19H25N3O4S. The number of hydrogen-bond donors (Lipinski definition) is 1. The molecule has 1 N–H and O–H groups in total. The van der Waals surface area contributed by atoms with Crippen molar-refractivity contribution in [3.63, 3.8) is 0 Å². The fourth-order valence-electron chi connectivity index (χ4n) is 3.26. The average molecular weight is 391 g/mol. The zero-order valence-corrected chi connectivity index (χ0v) is 16.7. The van der Waals surface area contributed by atoms with Crippen molar-refractivity contribution in [2.24, 2.45) is 5.92 Å². The van der Waals surface area contributed by atoms with Gasteiger partial charge in [0.1, 0.15) is 0 Å². The summed E-state index contributed by atoms with van der Waals surface area (Å²) in [5.74, 6) is 2.39. The number of benzene rings is 1. The van der Waals surface area contributed by atoms with E-state index >= 15 is 0 Å². The molecule has 0 bridgehead atoms. The summed E-state index contributed by atoms with van der Waals surface area (Å²) in [5.41, 5.74) is 0.729. The second-order valence-corrected chi connectivity index (χ2v) is 7.59.